The first-order valence-electron chi connectivity index (χ1n) is 9.48. The third-order valence-electron chi connectivity index (χ3n) is 4.81. The maximum absolute atomic E-state index is 4.46. The van der Waals surface area contributed by atoms with E-state index < -0.39 is 0 Å². The van der Waals surface area contributed by atoms with Crippen LogP contribution < -0.4 is 4.90 Å². The predicted octanol–water partition coefficient (Wildman–Crippen LogP) is 4.97. The van der Waals surface area contributed by atoms with E-state index in [2.05, 4.69) is 21.0 Å². The lowest BCUT2D eigenvalue weighted by molar-refractivity contribution is 0.438. The molecule has 1 aromatic heterocycles. The van der Waals surface area contributed by atoms with Gasteiger partial charge in [0.2, 0.25) is 0 Å². The van der Waals surface area contributed by atoms with E-state index in [0.717, 1.165) is 0 Å². The Hall–Kier alpha value is -1.67. The Morgan fingerprint density at radius 1 is 0.833 bits per heavy atom. The van der Waals surface area contributed by atoms with Crippen molar-refractivity contribution >= 4 is 11.7 Å². The molecular formula is C20H32N4. The van der Waals surface area contributed by atoms with Crippen LogP contribution >= 0.6 is 0 Å². The van der Waals surface area contributed by atoms with Gasteiger partial charge < -0.3 is 4.90 Å². The first-order valence-corrected chi connectivity index (χ1v) is 9.48. The maximum atomic E-state index is 4.46. The zero-order chi connectivity index (χ0) is 17.0. The third kappa shape index (κ3) is 7.27. The van der Waals surface area contributed by atoms with Gasteiger partial charge in [-0.1, -0.05) is 38.5 Å². The van der Waals surface area contributed by atoms with Crippen molar-refractivity contribution < 1.29 is 0 Å². The normalized spacial score (nSPS) is 18.8. The van der Waals surface area contributed by atoms with Gasteiger partial charge in [-0.25, -0.2) is 9.98 Å². The van der Waals surface area contributed by atoms with E-state index in [1.165, 1.54) is 69.9 Å². The van der Waals surface area contributed by atoms with Crippen molar-refractivity contribution in [3.63, 3.8) is 0 Å². The minimum Gasteiger partial charge on any atom is -0.378 e. The van der Waals surface area contributed by atoms with E-state index in [-0.39, 0.29) is 0 Å². The highest BCUT2D eigenvalue weighted by Crippen LogP contribution is 2.21. The fourth-order valence-electron chi connectivity index (χ4n) is 3.26. The summed E-state index contributed by atoms with van der Waals surface area (Å²) < 4.78 is 0. The number of hydrogen-bond acceptors (Lipinski definition) is 4. The number of rotatable bonds is 3. The molecule has 1 aromatic rings. The zero-order valence-corrected chi connectivity index (χ0v) is 15.3. The zero-order valence-electron chi connectivity index (χ0n) is 15.3. The standard InChI is InChI=1S/C13H22N2.C7H10N2/c1-3-7-12(8-4-1)14-11-15-13-9-5-2-6-10-13;1-9(2)7-3-5-8-6-4-7/h12-13H,1-10H2;3-6H,1-2H3. The van der Waals surface area contributed by atoms with Crippen molar-refractivity contribution in [1.29, 1.82) is 0 Å². The highest BCUT2D eigenvalue weighted by atomic mass is 15.1. The number of aromatic nitrogens is 1. The van der Waals surface area contributed by atoms with Crippen LogP contribution in [0, 0.1) is 0 Å². The summed E-state index contributed by atoms with van der Waals surface area (Å²) >= 11 is 0. The molecule has 0 unspecified atom stereocenters. The van der Waals surface area contributed by atoms with Crippen LogP contribution in [-0.2, 0) is 0 Å². The molecule has 132 valence electrons. The van der Waals surface area contributed by atoms with E-state index in [4.69, 9.17) is 0 Å². The number of nitrogens with zero attached hydrogens (tertiary/aromatic N) is 4. The number of aliphatic imine (C=N–C) groups is 2. The molecule has 2 fully saturated rings. The third-order valence-corrected chi connectivity index (χ3v) is 4.81. The van der Waals surface area contributed by atoms with Gasteiger partial charge in [-0.05, 0) is 37.8 Å². The van der Waals surface area contributed by atoms with Crippen molar-refractivity contribution in [3.05, 3.63) is 24.5 Å². The Kier molecular flexibility index (Phi) is 8.54. The van der Waals surface area contributed by atoms with Gasteiger partial charge >= 0.3 is 0 Å². The van der Waals surface area contributed by atoms with Crippen LogP contribution in [0.2, 0.25) is 0 Å². The fourth-order valence-corrected chi connectivity index (χ4v) is 3.26. The van der Waals surface area contributed by atoms with Crippen molar-refractivity contribution in [3.8, 4) is 0 Å². The molecule has 0 radical (unpaired) electrons. The van der Waals surface area contributed by atoms with Crippen LogP contribution in [0.3, 0.4) is 0 Å². The lowest BCUT2D eigenvalue weighted by Crippen LogP contribution is -2.10. The van der Waals surface area contributed by atoms with E-state index in [0.29, 0.717) is 12.1 Å². The number of hydrogen-bond donors (Lipinski definition) is 0. The molecule has 0 aliphatic heterocycles. The molecule has 0 amide bonds. The maximum Gasteiger partial charge on any atom is 0.0898 e. The van der Waals surface area contributed by atoms with Gasteiger partial charge in [0.25, 0.3) is 0 Å². The largest absolute Gasteiger partial charge is 0.378 e. The van der Waals surface area contributed by atoms with E-state index in [9.17, 15) is 0 Å². The average molecular weight is 329 g/mol. The molecule has 0 aromatic carbocycles. The lowest BCUT2D eigenvalue weighted by atomic mass is 9.96. The molecule has 2 saturated carbocycles. The van der Waals surface area contributed by atoms with Crippen LogP contribution in [0.15, 0.2) is 34.5 Å². The SMILES string of the molecule is C(=NC1CCCCC1)=NC1CCCCC1.CN(C)c1ccncc1. The summed E-state index contributed by atoms with van der Waals surface area (Å²) in [6.45, 7) is 0. The molecule has 0 bridgehead atoms. The molecule has 0 spiro atoms. The molecule has 1 heterocycles. The Labute approximate surface area is 147 Å². The second-order valence-corrected chi connectivity index (χ2v) is 7.04. The molecule has 2 aliphatic carbocycles. The molecule has 0 saturated heterocycles. The summed E-state index contributed by atoms with van der Waals surface area (Å²) in [7, 11) is 4.02. The van der Waals surface area contributed by atoms with Crippen molar-refractivity contribution in [1.82, 2.24) is 4.98 Å². The summed E-state index contributed by atoms with van der Waals surface area (Å²) in [6, 6.07) is 7.99. The molecular weight excluding hydrogens is 296 g/mol. The van der Waals surface area contributed by atoms with Gasteiger partial charge in [0.15, 0.2) is 0 Å². The summed E-state index contributed by atoms with van der Waals surface area (Å²) in [4.78, 5) is 14.9. The van der Waals surface area contributed by atoms with Crippen LogP contribution in [0.1, 0.15) is 64.2 Å². The van der Waals surface area contributed by atoms with Crippen LogP contribution in [-0.4, -0.2) is 37.2 Å². The van der Waals surface area contributed by atoms with Gasteiger partial charge in [-0.3, -0.25) is 4.98 Å². The van der Waals surface area contributed by atoms with Crippen molar-refractivity contribution in [2.75, 3.05) is 19.0 Å². The highest BCUT2D eigenvalue weighted by Gasteiger charge is 2.12. The van der Waals surface area contributed by atoms with E-state index >= 15 is 0 Å². The first-order chi connectivity index (χ1) is 11.8. The highest BCUT2D eigenvalue weighted by molar-refractivity contribution is 5.42. The Morgan fingerprint density at radius 3 is 1.67 bits per heavy atom. The van der Waals surface area contributed by atoms with E-state index in [1.807, 2.05) is 31.1 Å². The molecule has 0 atom stereocenters. The Morgan fingerprint density at radius 2 is 1.29 bits per heavy atom. The van der Waals surface area contributed by atoms with Gasteiger partial charge in [-0.15, -0.1) is 0 Å². The molecule has 0 N–H and O–H groups in total. The Balaban J connectivity index is 0.000000198. The summed E-state index contributed by atoms with van der Waals surface area (Å²) in [6.07, 6.45) is 16.8. The molecule has 3 rings (SSSR count). The summed E-state index contributed by atoms with van der Waals surface area (Å²) in [5.41, 5.74) is 1.19. The van der Waals surface area contributed by atoms with Crippen LogP contribution in [0.5, 0.6) is 0 Å². The molecule has 4 nitrogen and oxygen atoms in total. The number of anilines is 1. The second kappa shape index (κ2) is 11.0. The quantitative estimate of drug-likeness (QED) is 0.735. The lowest BCUT2D eigenvalue weighted by Gasteiger charge is -2.17. The summed E-state index contributed by atoms with van der Waals surface area (Å²) in [5.74, 6) is 0. The molecule has 4 heteroatoms. The minimum absolute atomic E-state index is 0.533. The minimum atomic E-state index is 0.533. The molecule has 24 heavy (non-hydrogen) atoms. The fraction of sp³-hybridized carbons (Fsp3) is 0.700. The topological polar surface area (TPSA) is 40.9 Å². The van der Waals surface area contributed by atoms with Crippen molar-refractivity contribution in [2.24, 2.45) is 9.98 Å². The molecule has 2 aliphatic rings. The smallest absolute Gasteiger partial charge is 0.0898 e. The average Bonchev–Trinajstić information content (AvgIpc) is 2.65. The first kappa shape index (κ1) is 18.7. The van der Waals surface area contributed by atoms with E-state index in [1.54, 1.807) is 12.4 Å². The summed E-state index contributed by atoms with van der Waals surface area (Å²) in [5, 5.41) is 0. The van der Waals surface area contributed by atoms with Crippen LogP contribution in [0.25, 0.3) is 0 Å². The second-order valence-electron chi connectivity index (χ2n) is 7.04. The van der Waals surface area contributed by atoms with Gasteiger partial charge in [0.1, 0.15) is 0 Å². The van der Waals surface area contributed by atoms with Crippen molar-refractivity contribution in [2.45, 2.75) is 76.3 Å². The Bertz CT molecular complexity index is 472. The monoisotopic (exact) mass is 328 g/mol. The van der Waals surface area contributed by atoms with Gasteiger partial charge in [0, 0.05) is 32.2 Å². The van der Waals surface area contributed by atoms with Gasteiger partial charge in [-0.2, -0.15) is 0 Å². The van der Waals surface area contributed by atoms with Gasteiger partial charge in [0.05, 0.1) is 18.1 Å². The predicted molar refractivity (Wildman–Crippen MR) is 102 cm³/mol. The number of pyridine rings is 1. The van der Waals surface area contributed by atoms with Crippen LogP contribution in [0.4, 0.5) is 5.69 Å².